The first kappa shape index (κ1) is 21.1. The lowest BCUT2D eigenvalue weighted by molar-refractivity contribution is 0.262. The maximum Gasteiger partial charge on any atom is 0.323 e. The Morgan fingerprint density at radius 1 is 1.06 bits per heavy atom. The van der Waals surface area contributed by atoms with Gasteiger partial charge >= 0.3 is 6.03 Å². The number of ether oxygens (including phenoxy) is 2. The lowest BCUT2D eigenvalue weighted by Crippen LogP contribution is -2.19. The highest BCUT2D eigenvalue weighted by Crippen LogP contribution is 2.28. The number of carbonyl (C=O) groups excluding carboxylic acids is 1. The van der Waals surface area contributed by atoms with E-state index in [1.54, 1.807) is 72.5 Å². The third-order valence-electron chi connectivity index (χ3n) is 4.28. The number of anilines is 2. The molecule has 162 valence electrons. The number of amides is 2. The molecule has 0 aliphatic carbocycles. The predicted molar refractivity (Wildman–Crippen MR) is 121 cm³/mol. The molecule has 32 heavy (non-hydrogen) atoms. The van der Waals surface area contributed by atoms with Gasteiger partial charge in [-0.1, -0.05) is 11.6 Å². The molecule has 0 fully saturated rings. The molecule has 10 heteroatoms. The molecule has 2 aromatic heterocycles. The summed E-state index contributed by atoms with van der Waals surface area (Å²) in [6.45, 7) is 1.78. The minimum atomic E-state index is -0.436. The number of nitrogens with zero attached hydrogens (tertiary/aromatic N) is 4. The summed E-state index contributed by atoms with van der Waals surface area (Å²) >= 11 is 5.99. The first-order valence-electron chi connectivity index (χ1n) is 9.55. The van der Waals surface area contributed by atoms with Gasteiger partial charge in [0.1, 0.15) is 17.3 Å². The van der Waals surface area contributed by atoms with Gasteiger partial charge in [0.15, 0.2) is 5.82 Å². The largest absolute Gasteiger partial charge is 0.495 e. The molecule has 0 bridgehead atoms. The molecule has 0 atom stereocenters. The van der Waals surface area contributed by atoms with Gasteiger partial charge < -0.3 is 20.1 Å². The van der Waals surface area contributed by atoms with Gasteiger partial charge in [-0.05, 0) is 55.5 Å². The van der Waals surface area contributed by atoms with Crippen LogP contribution in [0.15, 0.2) is 67.0 Å². The van der Waals surface area contributed by atoms with Gasteiger partial charge in [0.2, 0.25) is 5.88 Å². The molecule has 0 saturated heterocycles. The second-order valence-corrected chi connectivity index (χ2v) is 7.05. The molecule has 4 aromatic rings. The number of hydrogen-bond acceptors (Lipinski definition) is 6. The van der Waals surface area contributed by atoms with Crippen molar-refractivity contribution in [1.29, 1.82) is 0 Å². The van der Waals surface area contributed by atoms with Gasteiger partial charge in [-0.15, -0.1) is 0 Å². The number of aryl methyl sites for hydroxylation is 1. The molecule has 2 heterocycles. The summed E-state index contributed by atoms with van der Waals surface area (Å²) in [5.74, 6) is 2.60. The summed E-state index contributed by atoms with van der Waals surface area (Å²) in [5, 5.41) is 10.1. The lowest BCUT2D eigenvalue weighted by atomic mass is 10.3. The van der Waals surface area contributed by atoms with Gasteiger partial charge in [0.05, 0.1) is 12.8 Å². The van der Waals surface area contributed by atoms with Crippen LogP contribution < -0.4 is 20.1 Å². The summed E-state index contributed by atoms with van der Waals surface area (Å²) in [4.78, 5) is 21.0. The standard InChI is InChI=1S/C22H19ClN6O3/c1-14-25-20(29-11-3-10-24-29)13-21(26-14)32-17-7-5-16(6-8-17)27-22(30)28-18-12-15(23)4-9-19(18)31-2/h3-13H,1-2H3,(H2,27,28,30). The van der Waals surface area contributed by atoms with Gasteiger partial charge in [-0.25, -0.2) is 14.5 Å². The fourth-order valence-corrected chi connectivity index (χ4v) is 3.06. The number of urea groups is 1. The van der Waals surface area contributed by atoms with E-state index in [-0.39, 0.29) is 0 Å². The Hall–Kier alpha value is -4.11. The number of nitrogens with one attached hydrogen (secondary N) is 2. The second kappa shape index (κ2) is 9.36. The van der Waals surface area contributed by atoms with Crippen molar-refractivity contribution in [2.75, 3.05) is 17.7 Å². The van der Waals surface area contributed by atoms with Crippen LogP contribution in [0.25, 0.3) is 5.82 Å². The van der Waals surface area contributed by atoms with Gasteiger partial charge in [0, 0.05) is 29.2 Å². The number of benzene rings is 2. The van der Waals surface area contributed by atoms with Crippen molar-refractivity contribution >= 4 is 29.0 Å². The van der Waals surface area contributed by atoms with E-state index in [1.807, 2.05) is 6.07 Å². The molecule has 2 aromatic carbocycles. The van der Waals surface area contributed by atoms with Crippen molar-refractivity contribution in [3.05, 3.63) is 77.8 Å². The van der Waals surface area contributed by atoms with E-state index < -0.39 is 6.03 Å². The Kier molecular flexibility index (Phi) is 6.18. The van der Waals surface area contributed by atoms with Crippen molar-refractivity contribution in [2.45, 2.75) is 6.92 Å². The van der Waals surface area contributed by atoms with Crippen molar-refractivity contribution in [3.8, 4) is 23.2 Å². The molecule has 2 N–H and O–H groups in total. The third kappa shape index (κ3) is 5.13. The summed E-state index contributed by atoms with van der Waals surface area (Å²) in [6.07, 6.45) is 3.46. The minimum absolute atomic E-state index is 0.384. The van der Waals surface area contributed by atoms with E-state index >= 15 is 0 Å². The SMILES string of the molecule is COc1ccc(Cl)cc1NC(=O)Nc1ccc(Oc2cc(-n3cccn3)nc(C)n2)cc1. The number of aromatic nitrogens is 4. The van der Waals surface area contributed by atoms with Crippen LogP contribution in [-0.2, 0) is 0 Å². The highest BCUT2D eigenvalue weighted by atomic mass is 35.5. The fourth-order valence-electron chi connectivity index (χ4n) is 2.89. The summed E-state index contributed by atoms with van der Waals surface area (Å²) < 4.78 is 12.7. The lowest BCUT2D eigenvalue weighted by Gasteiger charge is -2.12. The van der Waals surface area contributed by atoms with Gasteiger partial charge in [-0.3, -0.25) is 0 Å². The zero-order valence-electron chi connectivity index (χ0n) is 17.2. The van der Waals surface area contributed by atoms with E-state index in [0.29, 0.717) is 45.4 Å². The summed E-state index contributed by atoms with van der Waals surface area (Å²) in [5.41, 5.74) is 1.04. The Bertz CT molecular complexity index is 1230. The fraction of sp³-hybridized carbons (Fsp3) is 0.0909. The summed E-state index contributed by atoms with van der Waals surface area (Å²) in [7, 11) is 1.52. The predicted octanol–water partition coefficient (Wildman–Crippen LogP) is 5.07. The number of halogens is 1. The molecule has 0 saturated carbocycles. The number of carbonyl (C=O) groups is 1. The topological polar surface area (TPSA) is 103 Å². The zero-order valence-corrected chi connectivity index (χ0v) is 18.0. The second-order valence-electron chi connectivity index (χ2n) is 6.61. The van der Waals surface area contributed by atoms with E-state index in [9.17, 15) is 4.79 Å². The number of hydrogen-bond donors (Lipinski definition) is 2. The van der Waals surface area contributed by atoms with Crippen LogP contribution in [0.3, 0.4) is 0 Å². The first-order chi connectivity index (χ1) is 15.5. The third-order valence-corrected chi connectivity index (χ3v) is 4.52. The molecule has 0 aliphatic heterocycles. The monoisotopic (exact) mass is 450 g/mol. The molecule has 0 unspecified atom stereocenters. The van der Waals surface area contributed by atoms with E-state index in [1.165, 1.54) is 7.11 Å². The smallest absolute Gasteiger partial charge is 0.323 e. The molecule has 9 nitrogen and oxygen atoms in total. The van der Waals surface area contributed by atoms with E-state index in [2.05, 4.69) is 25.7 Å². The highest BCUT2D eigenvalue weighted by Gasteiger charge is 2.10. The van der Waals surface area contributed by atoms with Gasteiger partial charge in [-0.2, -0.15) is 10.1 Å². The maximum absolute atomic E-state index is 12.3. The quantitative estimate of drug-likeness (QED) is 0.425. The van der Waals surface area contributed by atoms with Crippen LogP contribution >= 0.6 is 11.6 Å². The van der Waals surface area contributed by atoms with Crippen molar-refractivity contribution in [1.82, 2.24) is 19.7 Å². The van der Waals surface area contributed by atoms with Crippen LogP contribution in [0.2, 0.25) is 5.02 Å². The minimum Gasteiger partial charge on any atom is -0.495 e. The Balaban J connectivity index is 1.42. The Morgan fingerprint density at radius 3 is 2.59 bits per heavy atom. The summed E-state index contributed by atoms with van der Waals surface area (Å²) in [6, 6.07) is 14.9. The number of rotatable bonds is 6. The van der Waals surface area contributed by atoms with E-state index in [4.69, 9.17) is 21.1 Å². The highest BCUT2D eigenvalue weighted by molar-refractivity contribution is 6.31. The van der Waals surface area contributed by atoms with Crippen LogP contribution in [0.4, 0.5) is 16.2 Å². The van der Waals surface area contributed by atoms with Crippen molar-refractivity contribution in [3.63, 3.8) is 0 Å². The average Bonchev–Trinajstić information content (AvgIpc) is 3.30. The first-order valence-corrected chi connectivity index (χ1v) is 9.93. The molecule has 0 radical (unpaired) electrons. The molecule has 2 amide bonds. The van der Waals surface area contributed by atoms with Crippen LogP contribution in [0.5, 0.6) is 17.4 Å². The zero-order chi connectivity index (χ0) is 22.5. The van der Waals surface area contributed by atoms with Crippen LogP contribution in [0.1, 0.15) is 5.82 Å². The maximum atomic E-state index is 12.3. The molecular formula is C22H19ClN6O3. The molecular weight excluding hydrogens is 432 g/mol. The van der Waals surface area contributed by atoms with Crippen LogP contribution in [-0.4, -0.2) is 32.9 Å². The van der Waals surface area contributed by atoms with Gasteiger partial charge in [0.25, 0.3) is 0 Å². The molecule has 0 aliphatic rings. The van der Waals surface area contributed by atoms with Crippen molar-refractivity contribution in [2.24, 2.45) is 0 Å². The Labute approximate surface area is 189 Å². The molecule has 4 rings (SSSR count). The number of methoxy groups -OCH3 is 1. The van der Waals surface area contributed by atoms with E-state index in [0.717, 1.165) is 0 Å². The molecule has 0 spiro atoms. The average molecular weight is 451 g/mol. The van der Waals surface area contributed by atoms with Crippen LogP contribution in [0, 0.1) is 6.92 Å². The normalized spacial score (nSPS) is 10.5. The van der Waals surface area contributed by atoms with Crippen molar-refractivity contribution < 1.29 is 14.3 Å². The Morgan fingerprint density at radius 2 is 1.88 bits per heavy atom.